The van der Waals surface area contributed by atoms with Crippen LogP contribution in [0, 0.1) is 0 Å². The maximum atomic E-state index is 13.4. The summed E-state index contributed by atoms with van der Waals surface area (Å²) >= 11 is 0. The van der Waals surface area contributed by atoms with Gasteiger partial charge >= 0.3 is 12.5 Å². The lowest BCUT2D eigenvalue weighted by molar-refractivity contribution is -0.274. The average molecular weight is 495 g/mol. The van der Waals surface area contributed by atoms with E-state index in [9.17, 15) is 31.1 Å². The van der Waals surface area contributed by atoms with Crippen LogP contribution < -0.4 is 15.8 Å². The molecule has 3 rings (SSSR count). The molecular weight excluding hydrogens is 480 g/mol. The van der Waals surface area contributed by atoms with Gasteiger partial charge in [0.05, 0.1) is 5.56 Å². The molecule has 0 aliphatic heterocycles. The van der Waals surface area contributed by atoms with Crippen LogP contribution in [0.15, 0.2) is 78.2 Å². The molecule has 7 nitrogen and oxygen atoms in total. The van der Waals surface area contributed by atoms with Crippen LogP contribution in [0.1, 0.15) is 15.9 Å². The molecule has 1 aromatic carbocycles. The largest absolute Gasteiger partial charge is 0.573 e. The van der Waals surface area contributed by atoms with E-state index in [2.05, 4.69) is 25.0 Å². The number of anilines is 1. The molecular formula is C22H15F6N5O2. The summed E-state index contributed by atoms with van der Waals surface area (Å²) in [5.41, 5.74) is 4.59. The Bertz CT molecular complexity index is 1220. The van der Waals surface area contributed by atoms with E-state index < -0.39 is 29.9 Å². The van der Waals surface area contributed by atoms with Crippen LogP contribution in [0.4, 0.5) is 37.8 Å². The predicted molar refractivity (Wildman–Crippen MR) is 115 cm³/mol. The number of ether oxygens (including phenoxy) is 1. The summed E-state index contributed by atoms with van der Waals surface area (Å²) in [6.07, 6.45) is -5.32. The van der Waals surface area contributed by atoms with Gasteiger partial charge in [0.1, 0.15) is 11.5 Å². The molecule has 13 heteroatoms. The molecule has 0 spiro atoms. The summed E-state index contributed by atoms with van der Waals surface area (Å²) in [7, 11) is 0. The van der Waals surface area contributed by atoms with E-state index in [4.69, 9.17) is 5.73 Å². The van der Waals surface area contributed by atoms with Crippen LogP contribution >= 0.6 is 0 Å². The summed E-state index contributed by atoms with van der Waals surface area (Å²) in [6.45, 7) is 0. The van der Waals surface area contributed by atoms with Gasteiger partial charge in [-0.1, -0.05) is 0 Å². The topological polar surface area (TPSA) is 102 Å². The third-order valence-electron chi connectivity index (χ3n) is 4.17. The van der Waals surface area contributed by atoms with Gasteiger partial charge in [-0.05, 0) is 54.6 Å². The Kier molecular flexibility index (Phi) is 7.37. The molecule has 182 valence electrons. The van der Waals surface area contributed by atoms with Crippen molar-refractivity contribution in [3.63, 3.8) is 0 Å². The molecule has 2 aromatic heterocycles. The lowest BCUT2D eigenvalue weighted by Gasteiger charge is -2.10. The number of hydrogen-bond donors (Lipinski definition) is 2. The van der Waals surface area contributed by atoms with Gasteiger partial charge in [0.25, 0.3) is 5.91 Å². The summed E-state index contributed by atoms with van der Waals surface area (Å²) < 4.78 is 80.7. The molecule has 3 N–H and O–H groups in total. The molecule has 0 aliphatic rings. The molecule has 3 aromatic rings. The van der Waals surface area contributed by atoms with Gasteiger partial charge in [-0.2, -0.15) is 13.2 Å². The number of carbonyl (C=O) groups is 1. The van der Waals surface area contributed by atoms with Crippen LogP contribution in [-0.2, 0) is 0 Å². The van der Waals surface area contributed by atoms with Crippen molar-refractivity contribution in [1.82, 2.24) is 9.97 Å². The lowest BCUT2D eigenvalue weighted by Crippen LogP contribution is -2.22. The van der Waals surface area contributed by atoms with Crippen molar-refractivity contribution in [2.24, 2.45) is 10.7 Å². The van der Waals surface area contributed by atoms with Crippen LogP contribution in [0.3, 0.4) is 0 Å². The van der Waals surface area contributed by atoms with Gasteiger partial charge < -0.3 is 15.8 Å². The van der Waals surface area contributed by atoms with E-state index >= 15 is 0 Å². The van der Waals surface area contributed by atoms with Gasteiger partial charge in [-0.3, -0.25) is 9.78 Å². The number of nitrogens with zero attached hydrogens (tertiary/aromatic N) is 3. The van der Waals surface area contributed by atoms with E-state index in [1.807, 2.05) is 0 Å². The number of benzene rings is 1. The van der Waals surface area contributed by atoms with Crippen molar-refractivity contribution >= 4 is 28.8 Å². The minimum absolute atomic E-state index is 0.0291. The highest BCUT2D eigenvalue weighted by Crippen LogP contribution is 2.25. The van der Waals surface area contributed by atoms with E-state index in [0.717, 1.165) is 24.4 Å². The predicted octanol–water partition coefficient (Wildman–Crippen LogP) is 5.26. The molecule has 0 unspecified atom stereocenters. The summed E-state index contributed by atoms with van der Waals surface area (Å²) in [4.78, 5) is 23.3. The summed E-state index contributed by atoms with van der Waals surface area (Å²) in [5.74, 6) is -1.51. The molecule has 0 aliphatic carbocycles. The molecule has 0 saturated carbocycles. The lowest BCUT2D eigenvalue weighted by atomic mass is 10.2. The second-order valence-electron chi connectivity index (χ2n) is 6.77. The fraction of sp³-hybridized carbons (Fsp3) is 0.0909. The van der Waals surface area contributed by atoms with Gasteiger partial charge in [-0.15, -0.1) is 13.2 Å². The number of amides is 1. The second kappa shape index (κ2) is 10.2. The number of hydrogen-bond acceptors (Lipinski definition) is 6. The Balaban J connectivity index is 1.74. The number of rotatable bonds is 6. The smallest absolute Gasteiger partial charge is 0.406 e. The number of nitrogens with one attached hydrogen (secondary N) is 1. The first-order valence-corrected chi connectivity index (χ1v) is 9.57. The highest BCUT2D eigenvalue weighted by molar-refractivity contribution is 6.06. The normalized spacial score (nSPS) is 12.9. The van der Waals surface area contributed by atoms with E-state index in [1.54, 1.807) is 0 Å². The highest BCUT2D eigenvalue weighted by Gasteiger charge is 2.35. The Morgan fingerprint density at radius 3 is 2.23 bits per heavy atom. The Morgan fingerprint density at radius 1 is 0.971 bits per heavy atom. The molecule has 0 bridgehead atoms. The van der Waals surface area contributed by atoms with Crippen molar-refractivity contribution < 1.29 is 35.9 Å². The maximum absolute atomic E-state index is 13.4. The van der Waals surface area contributed by atoms with Gasteiger partial charge in [0.15, 0.2) is 5.82 Å². The third kappa shape index (κ3) is 7.55. The Hall–Kier alpha value is -4.42. The number of nitrogens with two attached hydrogens (primary N) is 1. The van der Waals surface area contributed by atoms with E-state index in [0.29, 0.717) is 6.08 Å². The van der Waals surface area contributed by atoms with Gasteiger partial charge in [-0.25, -0.2) is 9.98 Å². The third-order valence-corrected chi connectivity index (χ3v) is 4.17. The SMILES string of the molecule is NC(=CC(=Nc1ccc(C(=O)Nc2ccc(OC(F)(F)F)cc2)cn1)C(F)(F)F)c1cccnc1. The average Bonchev–Trinajstić information content (AvgIpc) is 2.79. The standard InChI is InChI=1S/C22H15F6N5O2/c23-21(24,25)18(10-17(29)13-2-1-9-30-11-13)33-19-8-3-14(12-31-19)20(34)32-15-4-6-16(7-5-15)35-22(26,27)28/h1-12H,29H2,(H,32,34). The van der Waals surface area contributed by atoms with Crippen LogP contribution in [0.25, 0.3) is 5.70 Å². The number of halogens is 6. The molecule has 0 saturated heterocycles. The zero-order valence-electron chi connectivity index (χ0n) is 17.4. The van der Waals surface area contributed by atoms with Crippen molar-refractivity contribution in [3.05, 3.63) is 84.3 Å². The minimum atomic E-state index is -4.85. The monoisotopic (exact) mass is 495 g/mol. The molecule has 0 atom stereocenters. The van der Waals surface area contributed by atoms with Crippen molar-refractivity contribution in [1.29, 1.82) is 0 Å². The first-order valence-electron chi connectivity index (χ1n) is 9.57. The van der Waals surface area contributed by atoms with Gasteiger partial charge in [0.2, 0.25) is 0 Å². The number of aliphatic imine (C=N–C) groups is 1. The highest BCUT2D eigenvalue weighted by atomic mass is 19.4. The van der Waals surface area contributed by atoms with Crippen molar-refractivity contribution in [2.75, 3.05) is 5.32 Å². The molecule has 2 heterocycles. The Morgan fingerprint density at radius 2 is 1.69 bits per heavy atom. The Labute approximate surface area is 194 Å². The van der Waals surface area contributed by atoms with Crippen molar-refractivity contribution in [3.8, 4) is 5.75 Å². The number of alkyl halides is 6. The zero-order valence-corrected chi connectivity index (χ0v) is 17.4. The van der Waals surface area contributed by atoms with Gasteiger partial charge in [0, 0.05) is 35.5 Å². The van der Waals surface area contributed by atoms with E-state index in [1.165, 1.54) is 42.7 Å². The molecule has 1 amide bonds. The summed E-state index contributed by atoms with van der Waals surface area (Å²) in [6, 6.07) is 9.63. The molecule has 0 radical (unpaired) electrons. The van der Waals surface area contributed by atoms with E-state index in [-0.39, 0.29) is 28.3 Å². The van der Waals surface area contributed by atoms with Crippen LogP contribution in [0.5, 0.6) is 5.75 Å². The molecule has 0 fully saturated rings. The minimum Gasteiger partial charge on any atom is -0.406 e. The maximum Gasteiger partial charge on any atom is 0.573 e. The summed E-state index contributed by atoms with van der Waals surface area (Å²) in [5, 5.41) is 2.41. The van der Waals surface area contributed by atoms with Crippen molar-refractivity contribution in [2.45, 2.75) is 12.5 Å². The fourth-order valence-electron chi connectivity index (χ4n) is 2.59. The fourth-order valence-corrected chi connectivity index (χ4v) is 2.59. The number of pyridine rings is 2. The second-order valence-corrected chi connectivity index (χ2v) is 6.77. The number of carbonyl (C=O) groups excluding carboxylic acids is 1. The number of aromatic nitrogens is 2. The van der Waals surface area contributed by atoms with Crippen LogP contribution in [0.2, 0.25) is 0 Å². The first-order chi connectivity index (χ1) is 16.4. The quantitative estimate of drug-likeness (QED) is 0.359. The zero-order chi connectivity index (χ0) is 25.6. The van der Waals surface area contributed by atoms with Crippen LogP contribution in [-0.4, -0.2) is 34.1 Å². The molecule has 35 heavy (non-hydrogen) atoms. The first kappa shape index (κ1) is 25.2. The number of allylic oxidation sites excluding steroid dienone is 1.